The van der Waals surface area contributed by atoms with Gasteiger partial charge in [-0.25, -0.2) is 0 Å². The summed E-state index contributed by atoms with van der Waals surface area (Å²) in [5.74, 6) is -0.532. The summed E-state index contributed by atoms with van der Waals surface area (Å²) >= 11 is 6.02. The standard InChI is InChI=1S/C18H17ClN4O/c1-11-3-6-17(16(21)7-11)22-10-13(9-20)18(24)23-14-5-4-12(2)15(19)8-14/h3-8,10,22H,21H2,1-2H3,(H,23,24)/b13-10-. The molecule has 2 aromatic rings. The van der Waals surface area contributed by atoms with Crippen LogP contribution in [0.3, 0.4) is 0 Å². The molecule has 0 aliphatic rings. The van der Waals surface area contributed by atoms with Crippen molar-refractivity contribution in [2.75, 3.05) is 16.4 Å². The van der Waals surface area contributed by atoms with Gasteiger partial charge in [0.25, 0.3) is 5.91 Å². The van der Waals surface area contributed by atoms with Crippen LogP contribution in [-0.4, -0.2) is 5.91 Å². The van der Waals surface area contributed by atoms with Crippen LogP contribution in [0.25, 0.3) is 0 Å². The number of benzene rings is 2. The highest BCUT2D eigenvalue weighted by molar-refractivity contribution is 6.31. The highest BCUT2D eigenvalue weighted by atomic mass is 35.5. The number of carbonyl (C=O) groups is 1. The molecule has 0 fully saturated rings. The largest absolute Gasteiger partial charge is 0.397 e. The second-order valence-electron chi connectivity index (χ2n) is 5.32. The Bertz CT molecular complexity index is 853. The zero-order valence-electron chi connectivity index (χ0n) is 13.4. The Hall–Kier alpha value is -2.97. The van der Waals surface area contributed by atoms with Crippen LogP contribution in [0.15, 0.2) is 48.2 Å². The summed E-state index contributed by atoms with van der Waals surface area (Å²) in [5, 5.41) is 15.2. The number of rotatable bonds is 4. The van der Waals surface area contributed by atoms with Gasteiger partial charge in [0.15, 0.2) is 0 Å². The second-order valence-corrected chi connectivity index (χ2v) is 5.73. The quantitative estimate of drug-likeness (QED) is 0.445. The van der Waals surface area contributed by atoms with Gasteiger partial charge in [0.2, 0.25) is 0 Å². The van der Waals surface area contributed by atoms with E-state index in [2.05, 4.69) is 10.6 Å². The van der Waals surface area contributed by atoms with Gasteiger partial charge >= 0.3 is 0 Å². The maximum absolute atomic E-state index is 12.2. The summed E-state index contributed by atoms with van der Waals surface area (Å²) in [5.41, 5.74) is 9.42. The minimum absolute atomic E-state index is 0.0772. The molecule has 24 heavy (non-hydrogen) atoms. The van der Waals surface area contributed by atoms with Gasteiger partial charge in [0, 0.05) is 16.9 Å². The Morgan fingerprint density at radius 3 is 2.62 bits per heavy atom. The normalized spacial score (nSPS) is 10.8. The van der Waals surface area contributed by atoms with Gasteiger partial charge in [0.1, 0.15) is 11.6 Å². The van der Waals surface area contributed by atoms with Gasteiger partial charge in [-0.05, 0) is 49.2 Å². The predicted molar refractivity (Wildman–Crippen MR) is 97.7 cm³/mol. The maximum Gasteiger partial charge on any atom is 0.267 e. The van der Waals surface area contributed by atoms with E-state index in [4.69, 9.17) is 17.3 Å². The number of hydrogen-bond acceptors (Lipinski definition) is 4. The average Bonchev–Trinajstić information content (AvgIpc) is 2.53. The molecule has 6 heteroatoms. The summed E-state index contributed by atoms with van der Waals surface area (Å²) in [6.07, 6.45) is 1.33. The van der Waals surface area contributed by atoms with E-state index >= 15 is 0 Å². The molecular weight excluding hydrogens is 324 g/mol. The van der Waals surface area contributed by atoms with Crippen molar-refractivity contribution in [2.24, 2.45) is 0 Å². The van der Waals surface area contributed by atoms with Crippen LogP contribution in [0.1, 0.15) is 11.1 Å². The van der Waals surface area contributed by atoms with Crippen LogP contribution in [0.5, 0.6) is 0 Å². The molecular formula is C18H17ClN4O. The fourth-order valence-corrected chi connectivity index (χ4v) is 2.16. The number of nitrogens with zero attached hydrogens (tertiary/aromatic N) is 1. The number of hydrogen-bond donors (Lipinski definition) is 3. The first-order valence-corrected chi connectivity index (χ1v) is 7.59. The third-order valence-electron chi connectivity index (χ3n) is 3.37. The third-order valence-corrected chi connectivity index (χ3v) is 3.78. The fraction of sp³-hybridized carbons (Fsp3) is 0.111. The Labute approximate surface area is 145 Å². The lowest BCUT2D eigenvalue weighted by Gasteiger charge is -2.08. The van der Waals surface area contributed by atoms with Gasteiger partial charge < -0.3 is 16.4 Å². The van der Waals surface area contributed by atoms with E-state index in [0.29, 0.717) is 22.1 Å². The van der Waals surface area contributed by atoms with Gasteiger partial charge in [0.05, 0.1) is 11.4 Å². The van der Waals surface area contributed by atoms with Gasteiger partial charge in [-0.15, -0.1) is 0 Å². The Morgan fingerprint density at radius 2 is 2.00 bits per heavy atom. The van der Waals surface area contributed by atoms with Gasteiger partial charge in [-0.1, -0.05) is 23.7 Å². The van der Waals surface area contributed by atoms with Crippen LogP contribution < -0.4 is 16.4 Å². The molecule has 122 valence electrons. The molecule has 1 amide bonds. The zero-order chi connectivity index (χ0) is 17.7. The lowest BCUT2D eigenvalue weighted by molar-refractivity contribution is -0.112. The van der Waals surface area contributed by atoms with Crippen molar-refractivity contribution in [2.45, 2.75) is 13.8 Å². The number of nitrogens with one attached hydrogen (secondary N) is 2. The number of carbonyl (C=O) groups excluding carboxylic acids is 1. The minimum Gasteiger partial charge on any atom is -0.397 e. The van der Waals surface area contributed by atoms with Crippen molar-refractivity contribution < 1.29 is 4.79 Å². The number of anilines is 3. The summed E-state index contributed by atoms with van der Waals surface area (Å²) in [6.45, 7) is 3.79. The molecule has 0 saturated heterocycles. The molecule has 0 spiro atoms. The Kier molecular flexibility index (Phi) is 5.46. The van der Waals surface area contributed by atoms with E-state index in [0.717, 1.165) is 11.1 Å². The summed E-state index contributed by atoms with van der Waals surface area (Å²) < 4.78 is 0. The Balaban J connectivity index is 2.13. The van der Waals surface area contributed by atoms with E-state index in [9.17, 15) is 10.1 Å². The predicted octanol–water partition coefficient (Wildman–Crippen LogP) is 4.00. The summed E-state index contributed by atoms with van der Waals surface area (Å²) in [7, 11) is 0. The SMILES string of the molecule is Cc1ccc(N/C=C(/C#N)C(=O)Nc2ccc(C)c(Cl)c2)c(N)c1. The zero-order valence-corrected chi connectivity index (χ0v) is 14.1. The van der Waals surface area contributed by atoms with Crippen LogP contribution in [0.2, 0.25) is 5.02 Å². The molecule has 0 aliphatic heterocycles. The molecule has 0 aliphatic carbocycles. The number of aryl methyl sites for hydroxylation is 2. The molecule has 2 aromatic carbocycles. The van der Waals surface area contributed by atoms with E-state index in [-0.39, 0.29) is 5.57 Å². The molecule has 0 aromatic heterocycles. The Morgan fingerprint density at radius 1 is 1.25 bits per heavy atom. The first kappa shape index (κ1) is 17.4. The average molecular weight is 341 g/mol. The highest BCUT2D eigenvalue weighted by Gasteiger charge is 2.10. The fourth-order valence-electron chi connectivity index (χ4n) is 1.98. The topological polar surface area (TPSA) is 90.9 Å². The first-order chi connectivity index (χ1) is 11.4. The number of amides is 1. The van der Waals surface area contributed by atoms with Crippen molar-refractivity contribution >= 4 is 34.6 Å². The molecule has 0 bridgehead atoms. The highest BCUT2D eigenvalue weighted by Crippen LogP contribution is 2.21. The maximum atomic E-state index is 12.2. The van der Waals surface area contributed by atoms with Crippen LogP contribution in [-0.2, 0) is 4.79 Å². The molecule has 2 rings (SSSR count). The van der Waals surface area contributed by atoms with Crippen molar-refractivity contribution in [1.29, 1.82) is 5.26 Å². The number of halogens is 1. The van der Waals surface area contributed by atoms with Crippen LogP contribution in [0.4, 0.5) is 17.1 Å². The molecule has 0 unspecified atom stereocenters. The second kappa shape index (κ2) is 7.53. The van der Waals surface area contributed by atoms with Gasteiger partial charge in [-0.2, -0.15) is 5.26 Å². The molecule has 5 nitrogen and oxygen atoms in total. The van der Waals surface area contributed by atoms with E-state index in [1.165, 1.54) is 6.20 Å². The molecule has 0 atom stereocenters. The third kappa shape index (κ3) is 4.28. The van der Waals surface area contributed by atoms with E-state index in [1.807, 2.05) is 26.0 Å². The number of nitrogen functional groups attached to an aromatic ring is 1. The van der Waals surface area contributed by atoms with Crippen LogP contribution >= 0.6 is 11.6 Å². The smallest absolute Gasteiger partial charge is 0.267 e. The van der Waals surface area contributed by atoms with Gasteiger partial charge in [-0.3, -0.25) is 4.79 Å². The summed E-state index contributed by atoms with van der Waals surface area (Å²) in [6, 6.07) is 12.5. The molecule has 0 saturated carbocycles. The lowest BCUT2D eigenvalue weighted by Crippen LogP contribution is -2.14. The molecule has 0 heterocycles. The molecule has 4 N–H and O–H groups in total. The monoisotopic (exact) mass is 340 g/mol. The lowest BCUT2D eigenvalue weighted by atomic mass is 10.2. The van der Waals surface area contributed by atoms with Crippen LogP contribution in [0, 0.1) is 25.2 Å². The van der Waals surface area contributed by atoms with E-state index in [1.54, 1.807) is 30.3 Å². The number of nitriles is 1. The first-order valence-electron chi connectivity index (χ1n) is 7.21. The number of nitrogens with two attached hydrogens (primary N) is 1. The molecule has 0 radical (unpaired) electrons. The summed E-state index contributed by atoms with van der Waals surface area (Å²) in [4.78, 5) is 12.2. The van der Waals surface area contributed by atoms with Crippen molar-refractivity contribution in [3.63, 3.8) is 0 Å². The van der Waals surface area contributed by atoms with E-state index < -0.39 is 5.91 Å². The van der Waals surface area contributed by atoms with Crippen molar-refractivity contribution in [3.05, 3.63) is 64.3 Å². The van der Waals surface area contributed by atoms with Crippen molar-refractivity contribution in [3.8, 4) is 6.07 Å². The minimum atomic E-state index is -0.532. The van der Waals surface area contributed by atoms with Crippen molar-refractivity contribution in [1.82, 2.24) is 0 Å².